The van der Waals surface area contributed by atoms with Crippen molar-refractivity contribution in [3.63, 3.8) is 0 Å². The van der Waals surface area contributed by atoms with E-state index in [4.69, 9.17) is 0 Å². The Balaban J connectivity index is 1.46. The number of phenolic OH excluding ortho intramolecular Hbond substituents is 1. The topological polar surface area (TPSA) is 51.5 Å². The smallest absolute Gasteiger partial charge is 0.277 e. The number of likely N-dealkylation sites (N-methyl/N-ethyl adjacent to an activating group) is 1. The molecule has 2 N–H and O–H groups in total. The Kier molecular flexibility index (Phi) is 6.41. The second kappa shape index (κ2) is 8.97. The summed E-state index contributed by atoms with van der Waals surface area (Å²) >= 11 is 0. The molecule has 1 saturated heterocycles. The van der Waals surface area contributed by atoms with Crippen molar-refractivity contribution >= 4 is 17.3 Å². The highest BCUT2D eigenvalue weighted by molar-refractivity contribution is 5.76. The van der Waals surface area contributed by atoms with Crippen LogP contribution >= 0.6 is 0 Å². The van der Waals surface area contributed by atoms with E-state index in [0.717, 1.165) is 43.1 Å². The summed E-state index contributed by atoms with van der Waals surface area (Å²) in [5.74, 6) is 0.475. The van der Waals surface area contributed by atoms with Crippen molar-refractivity contribution in [2.75, 3.05) is 63.7 Å². The maximum Gasteiger partial charge on any atom is 0.277 e. The number of nitrogens with one attached hydrogen (secondary N) is 1. The van der Waals surface area contributed by atoms with Gasteiger partial charge in [-0.25, -0.2) is 0 Å². The lowest BCUT2D eigenvalue weighted by Gasteiger charge is -2.34. The fourth-order valence-electron chi connectivity index (χ4n) is 3.53. The Morgan fingerprint density at radius 2 is 1.61 bits per heavy atom. The van der Waals surface area contributed by atoms with Gasteiger partial charge in [-0.15, -0.1) is 0 Å². The highest BCUT2D eigenvalue weighted by atomic mass is 16.3. The number of rotatable bonds is 6. The monoisotopic (exact) mass is 383 g/mol. The third-order valence-electron chi connectivity index (χ3n) is 5.38. The van der Waals surface area contributed by atoms with E-state index in [2.05, 4.69) is 34.1 Å². The minimum atomic E-state index is 0.185. The standard InChI is InChI=1S/C22H30N4O2/c1-23(2)19-6-4-18(5-7-19)16-24(3)22(28)17-25-12-14-26(15-13-25)20-8-10-21(27)11-9-20/h4-11,27H,12-17H2,1-3H3/p+1. The fraction of sp³-hybridized carbons (Fsp3) is 0.409. The molecule has 1 aliphatic rings. The number of amides is 1. The number of aromatic hydroxyl groups is 1. The third kappa shape index (κ3) is 5.16. The van der Waals surface area contributed by atoms with Gasteiger partial charge >= 0.3 is 0 Å². The zero-order valence-corrected chi connectivity index (χ0v) is 17.1. The highest BCUT2D eigenvalue weighted by Crippen LogP contribution is 2.18. The summed E-state index contributed by atoms with van der Waals surface area (Å²) in [5.41, 5.74) is 3.43. The predicted octanol–water partition coefficient (Wildman–Crippen LogP) is 0.822. The Hall–Kier alpha value is -2.73. The molecule has 0 atom stereocenters. The van der Waals surface area contributed by atoms with E-state index in [1.165, 1.54) is 4.90 Å². The minimum Gasteiger partial charge on any atom is -0.508 e. The van der Waals surface area contributed by atoms with Crippen molar-refractivity contribution in [3.8, 4) is 5.75 Å². The van der Waals surface area contributed by atoms with Gasteiger partial charge in [0.15, 0.2) is 6.54 Å². The number of piperazine rings is 1. The molecule has 0 bridgehead atoms. The number of anilines is 2. The Morgan fingerprint density at radius 3 is 2.18 bits per heavy atom. The lowest BCUT2D eigenvalue weighted by Crippen LogP contribution is -3.15. The second-order valence-electron chi connectivity index (χ2n) is 7.74. The van der Waals surface area contributed by atoms with Crippen LogP contribution in [0.2, 0.25) is 0 Å². The molecule has 0 unspecified atom stereocenters. The molecule has 0 spiro atoms. The zero-order valence-electron chi connectivity index (χ0n) is 17.1. The van der Waals surface area contributed by atoms with E-state index in [0.29, 0.717) is 13.1 Å². The number of hydrogen-bond donors (Lipinski definition) is 2. The maximum atomic E-state index is 12.6. The van der Waals surface area contributed by atoms with Crippen LogP contribution in [0.15, 0.2) is 48.5 Å². The molecule has 0 aromatic heterocycles. The van der Waals surface area contributed by atoms with Crippen LogP contribution in [-0.2, 0) is 11.3 Å². The predicted molar refractivity (Wildman–Crippen MR) is 113 cm³/mol. The Bertz CT molecular complexity index is 766. The van der Waals surface area contributed by atoms with E-state index in [9.17, 15) is 9.90 Å². The van der Waals surface area contributed by atoms with Gasteiger partial charge in [0, 0.05) is 39.1 Å². The first-order chi connectivity index (χ1) is 13.4. The SMILES string of the molecule is CN(Cc1ccc(N(C)C)cc1)C(=O)C[NH+]1CCN(c2ccc(O)cc2)CC1. The van der Waals surface area contributed by atoms with Crippen molar-refractivity contribution in [1.29, 1.82) is 0 Å². The molecule has 2 aromatic rings. The van der Waals surface area contributed by atoms with Gasteiger partial charge in [0.2, 0.25) is 0 Å². The first-order valence-corrected chi connectivity index (χ1v) is 9.80. The average Bonchev–Trinajstić information content (AvgIpc) is 2.69. The summed E-state index contributed by atoms with van der Waals surface area (Å²) in [7, 11) is 5.93. The normalized spacial score (nSPS) is 14.8. The van der Waals surface area contributed by atoms with Crippen LogP contribution in [0.5, 0.6) is 5.75 Å². The van der Waals surface area contributed by atoms with Crippen molar-refractivity contribution in [3.05, 3.63) is 54.1 Å². The Labute approximate surface area is 167 Å². The van der Waals surface area contributed by atoms with E-state index >= 15 is 0 Å². The number of carbonyl (C=O) groups excluding carboxylic acids is 1. The van der Waals surface area contributed by atoms with Crippen LogP contribution in [0.25, 0.3) is 0 Å². The lowest BCUT2D eigenvalue weighted by atomic mass is 10.2. The summed E-state index contributed by atoms with van der Waals surface area (Å²) in [6, 6.07) is 15.7. The molecule has 6 nitrogen and oxygen atoms in total. The van der Waals surface area contributed by atoms with Gasteiger partial charge in [-0.05, 0) is 42.0 Å². The van der Waals surface area contributed by atoms with Crippen LogP contribution in [-0.4, -0.2) is 69.8 Å². The molecule has 3 rings (SSSR count). The molecule has 0 aliphatic carbocycles. The zero-order chi connectivity index (χ0) is 20.1. The Morgan fingerprint density at radius 1 is 1.00 bits per heavy atom. The molecule has 1 amide bonds. The van der Waals surface area contributed by atoms with Gasteiger partial charge in [-0.2, -0.15) is 0 Å². The number of benzene rings is 2. The van der Waals surface area contributed by atoms with Crippen molar-refractivity contribution < 1.29 is 14.8 Å². The number of quaternary nitrogens is 1. The van der Waals surface area contributed by atoms with Gasteiger partial charge in [-0.1, -0.05) is 12.1 Å². The molecule has 0 saturated carbocycles. The molecule has 6 heteroatoms. The lowest BCUT2D eigenvalue weighted by molar-refractivity contribution is -0.892. The van der Waals surface area contributed by atoms with Gasteiger partial charge in [0.05, 0.1) is 26.2 Å². The van der Waals surface area contributed by atoms with Gasteiger partial charge < -0.3 is 24.7 Å². The molecule has 150 valence electrons. The van der Waals surface area contributed by atoms with Crippen molar-refractivity contribution in [1.82, 2.24) is 4.90 Å². The first-order valence-electron chi connectivity index (χ1n) is 9.80. The molecular weight excluding hydrogens is 352 g/mol. The number of carbonyl (C=O) groups is 1. The molecule has 1 aliphatic heterocycles. The summed E-state index contributed by atoms with van der Waals surface area (Å²) in [4.78, 5) is 20.2. The van der Waals surface area contributed by atoms with E-state index < -0.39 is 0 Å². The van der Waals surface area contributed by atoms with E-state index in [1.807, 2.05) is 38.2 Å². The van der Waals surface area contributed by atoms with Crippen LogP contribution in [0.4, 0.5) is 11.4 Å². The van der Waals surface area contributed by atoms with Gasteiger partial charge in [-0.3, -0.25) is 4.79 Å². The molecule has 1 fully saturated rings. The van der Waals surface area contributed by atoms with Gasteiger partial charge in [0.25, 0.3) is 5.91 Å². The van der Waals surface area contributed by atoms with E-state index in [-0.39, 0.29) is 11.7 Å². The molecule has 0 radical (unpaired) electrons. The third-order valence-corrected chi connectivity index (χ3v) is 5.38. The largest absolute Gasteiger partial charge is 0.508 e. The maximum absolute atomic E-state index is 12.6. The van der Waals surface area contributed by atoms with Crippen LogP contribution in [0.1, 0.15) is 5.56 Å². The molecule has 28 heavy (non-hydrogen) atoms. The van der Waals surface area contributed by atoms with Gasteiger partial charge in [0.1, 0.15) is 5.75 Å². The van der Waals surface area contributed by atoms with E-state index in [1.54, 1.807) is 12.1 Å². The van der Waals surface area contributed by atoms with Crippen molar-refractivity contribution in [2.45, 2.75) is 6.54 Å². The summed E-state index contributed by atoms with van der Waals surface area (Å²) in [5, 5.41) is 9.42. The summed E-state index contributed by atoms with van der Waals surface area (Å²) in [6.07, 6.45) is 0. The van der Waals surface area contributed by atoms with Crippen LogP contribution in [0.3, 0.4) is 0 Å². The summed E-state index contributed by atoms with van der Waals surface area (Å²) in [6.45, 7) is 4.90. The quantitative estimate of drug-likeness (QED) is 0.776. The molecular formula is C22H31N4O2+. The number of nitrogens with zero attached hydrogens (tertiary/aromatic N) is 3. The second-order valence-corrected chi connectivity index (χ2v) is 7.74. The van der Waals surface area contributed by atoms with Crippen molar-refractivity contribution in [2.24, 2.45) is 0 Å². The molecule has 2 aromatic carbocycles. The summed E-state index contributed by atoms with van der Waals surface area (Å²) < 4.78 is 0. The number of phenols is 1. The fourth-order valence-corrected chi connectivity index (χ4v) is 3.53. The first kappa shape index (κ1) is 20.0. The highest BCUT2D eigenvalue weighted by Gasteiger charge is 2.23. The minimum absolute atomic E-state index is 0.185. The van der Waals surface area contributed by atoms with Crippen LogP contribution in [0, 0.1) is 0 Å². The van der Waals surface area contributed by atoms with Crippen LogP contribution < -0.4 is 14.7 Å². The number of hydrogen-bond acceptors (Lipinski definition) is 4. The molecule has 1 heterocycles. The average molecular weight is 384 g/mol.